The number of urea groups is 1. The Morgan fingerprint density at radius 2 is 1.97 bits per heavy atom. The molecule has 10 heteroatoms. The summed E-state index contributed by atoms with van der Waals surface area (Å²) in [6, 6.07) is 8.37. The minimum Gasteiger partial charge on any atom is -0.463 e. The third-order valence-electron chi connectivity index (χ3n) is 5.79. The van der Waals surface area contributed by atoms with Crippen LogP contribution in [-0.2, 0) is 9.53 Å². The molecule has 0 unspecified atom stereocenters. The van der Waals surface area contributed by atoms with Crippen molar-refractivity contribution in [3.05, 3.63) is 53.0 Å². The Balaban J connectivity index is 1.60. The number of carbonyl (C=O) groups is 2. The van der Waals surface area contributed by atoms with Crippen LogP contribution in [0.2, 0.25) is 0 Å². The summed E-state index contributed by atoms with van der Waals surface area (Å²) in [6.07, 6.45) is 5.74. The first kappa shape index (κ1) is 22.2. The van der Waals surface area contributed by atoms with E-state index in [0.717, 1.165) is 24.2 Å². The molecule has 9 nitrogen and oxygen atoms in total. The summed E-state index contributed by atoms with van der Waals surface area (Å²) in [5, 5.41) is 14.7. The van der Waals surface area contributed by atoms with Crippen LogP contribution in [0, 0.1) is 0 Å². The van der Waals surface area contributed by atoms with Crippen molar-refractivity contribution in [3.63, 3.8) is 0 Å². The van der Waals surface area contributed by atoms with E-state index in [0.29, 0.717) is 28.1 Å². The Hall–Kier alpha value is -3.01. The van der Waals surface area contributed by atoms with Crippen molar-refractivity contribution >= 4 is 23.8 Å². The Labute approximate surface area is 191 Å². The molecule has 1 aliphatic carbocycles. The van der Waals surface area contributed by atoms with Crippen LogP contribution in [0.4, 0.5) is 4.79 Å². The molecule has 1 fully saturated rings. The molecule has 0 bridgehead atoms. The van der Waals surface area contributed by atoms with E-state index in [1.807, 2.05) is 30.3 Å². The first-order valence-electron chi connectivity index (χ1n) is 10.9. The van der Waals surface area contributed by atoms with Crippen molar-refractivity contribution in [1.29, 1.82) is 0 Å². The molecule has 0 spiro atoms. The lowest BCUT2D eigenvalue weighted by Crippen LogP contribution is -2.46. The highest BCUT2D eigenvalue weighted by atomic mass is 32.2. The van der Waals surface area contributed by atoms with Gasteiger partial charge in [0.1, 0.15) is 0 Å². The molecule has 0 radical (unpaired) electrons. The maximum Gasteiger partial charge on any atom is 0.338 e. The number of ether oxygens (including phenoxy) is 1. The third kappa shape index (κ3) is 4.74. The van der Waals surface area contributed by atoms with Crippen LogP contribution in [0.3, 0.4) is 0 Å². The van der Waals surface area contributed by atoms with E-state index in [9.17, 15) is 9.59 Å². The molecule has 1 aromatic carbocycles. The van der Waals surface area contributed by atoms with Gasteiger partial charge in [-0.15, -0.1) is 10.2 Å². The molecule has 2 amide bonds. The molecule has 170 valence electrons. The Kier molecular flexibility index (Phi) is 6.99. The molecule has 2 heterocycles. The first-order valence-corrected chi connectivity index (χ1v) is 11.9. The predicted octanol–water partition coefficient (Wildman–Crippen LogP) is 3.00. The van der Waals surface area contributed by atoms with Gasteiger partial charge in [0.15, 0.2) is 5.82 Å². The van der Waals surface area contributed by atoms with Gasteiger partial charge in [-0.3, -0.25) is 0 Å². The zero-order valence-corrected chi connectivity index (χ0v) is 18.9. The van der Waals surface area contributed by atoms with Crippen LogP contribution in [0.1, 0.15) is 62.4 Å². The second kappa shape index (κ2) is 10.1. The number of carbonyl (C=O) groups excluding carboxylic acids is 2. The number of benzene rings is 1. The minimum absolute atomic E-state index is 0.236. The normalized spacial score (nSPS) is 19.4. The van der Waals surface area contributed by atoms with Crippen LogP contribution >= 0.6 is 11.8 Å². The summed E-state index contributed by atoms with van der Waals surface area (Å²) in [6.45, 7) is 1.99. The fourth-order valence-electron chi connectivity index (χ4n) is 4.24. The molecule has 1 saturated carbocycles. The van der Waals surface area contributed by atoms with Gasteiger partial charge in [-0.05, 0) is 25.3 Å². The van der Waals surface area contributed by atoms with Crippen molar-refractivity contribution in [1.82, 2.24) is 25.5 Å². The number of rotatable bonds is 7. The third-order valence-corrected chi connectivity index (χ3v) is 6.76. The number of amides is 2. The number of nitrogens with two attached hydrogens (primary N) is 1. The summed E-state index contributed by atoms with van der Waals surface area (Å²) < 4.78 is 6.85. The van der Waals surface area contributed by atoms with Gasteiger partial charge in [-0.25, -0.2) is 14.3 Å². The van der Waals surface area contributed by atoms with Crippen molar-refractivity contribution < 1.29 is 14.3 Å². The van der Waals surface area contributed by atoms with E-state index >= 15 is 0 Å². The van der Waals surface area contributed by atoms with Gasteiger partial charge in [0.2, 0.25) is 5.16 Å². The molecule has 2 aliphatic rings. The predicted molar refractivity (Wildman–Crippen MR) is 121 cm³/mol. The number of nitrogens with one attached hydrogen (secondary N) is 2. The average molecular weight is 457 g/mol. The van der Waals surface area contributed by atoms with E-state index in [1.165, 1.54) is 31.0 Å². The van der Waals surface area contributed by atoms with Gasteiger partial charge in [-0.1, -0.05) is 61.4 Å². The summed E-state index contributed by atoms with van der Waals surface area (Å²) in [5.41, 5.74) is 1.66. The largest absolute Gasteiger partial charge is 0.463 e. The molecule has 1 atom stereocenters. The molecule has 1 aliphatic heterocycles. The number of nitrogens with zero attached hydrogens (tertiary/aromatic N) is 3. The second-order valence-corrected chi connectivity index (χ2v) is 8.83. The summed E-state index contributed by atoms with van der Waals surface area (Å²) in [4.78, 5) is 25.2. The molecule has 0 saturated heterocycles. The lowest BCUT2D eigenvalue weighted by molar-refractivity contribution is -0.139. The number of aromatic nitrogens is 3. The van der Waals surface area contributed by atoms with Crippen molar-refractivity contribution in [2.45, 2.75) is 56.1 Å². The first-order chi connectivity index (χ1) is 15.6. The maximum atomic E-state index is 12.8. The van der Waals surface area contributed by atoms with Crippen molar-refractivity contribution in [3.8, 4) is 0 Å². The molecule has 32 heavy (non-hydrogen) atoms. The van der Waals surface area contributed by atoms with Crippen LogP contribution in [0.5, 0.6) is 0 Å². The van der Waals surface area contributed by atoms with Crippen LogP contribution in [0.15, 0.2) is 46.8 Å². The Morgan fingerprint density at radius 1 is 1.22 bits per heavy atom. The smallest absolute Gasteiger partial charge is 0.338 e. The number of esters is 1. The number of hydrogen-bond acceptors (Lipinski definition) is 7. The lowest BCUT2D eigenvalue weighted by atomic mass is 9.89. The van der Waals surface area contributed by atoms with E-state index in [4.69, 9.17) is 10.6 Å². The molecular formula is C22H28N6O3S. The highest BCUT2D eigenvalue weighted by Crippen LogP contribution is 2.33. The molecule has 4 rings (SSSR count). The SMILES string of the molecule is CCOC(=O)C1=C(CSc2nnc(C3CCCCC3)n2N)NC(=O)N[C@H]1c1ccccc1. The lowest BCUT2D eigenvalue weighted by Gasteiger charge is -2.29. The van der Waals surface area contributed by atoms with Gasteiger partial charge >= 0.3 is 12.0 Å². The second-order valence-electron chi connectivity index (χ2n) is 7.89. The van der Waals surface area contributed by atoms with E-state index in [1.54, 1.807) is 11.6 Å². The highest BCUT2D eigenvalue weighted by Gasteiger charge is 2.34. The van der Waals surface area contributed by atoms with Gasteiger partial charge in [-0.2, -0.15) is 0 Å². The quantitative estimate of drug-likeness (QED) is 0.332. The summed E-state index contributed by atoms with van der Waals surface area (Å²) in [5.74, 6) is 7.25. The van der Waals surface area contributed by atoms with Gasteiger partial charge in [0, 0.05) is 17.4 Å². The van der Waals surface area contributed by atoms with Gasteiger partial charge in [0.05, 0.1) is 18.2 Å². The summed E-state index contributed by atoms with van der Waals surface area (Å²) >= 11 is 1.33. The minimum atomic E-state index is -0.604. The maximum absolute atomic E-state index is 12.8. The average Bonchev–Trinajstić information content (AvgIpc) is 3.18. The van der Waals surface area contributed by atoms with Crippen LogP contribution in [0.25, 0.3) is 0 Å². The van der Waals surface area contributed by atoms with E-state index in [2.05, 4.69) is 20.8 Å². The fourth-order valence-corrected chi connectivity index (χ4v) is 5.07. The Morgan fingerprint density at radius 3 is 2.69 bits per heavy atom. The Bertz CT molecular complexity index is 1000. The molecule has 1 aromatic heterocycles. The van der Waals surface area contributed by atoms with Crippen molar-refractivity contribution in [2.75, 3.05) is 18.2 Å². The summed E-state index contributed by atoms with van der Waals surface area (Å²) in [7, 11) is 0. The highest BCUT2D eigenvalue weighted by molar-refractivity contribution is 7.99. The topological polar surface area (TPSA) is 124 Å². The number of thioether (sulfide) groups is 1. The zero-order chi connectivity index (χ0) is 22.5. The van der Waals surface area contributed by atoms with Crippen LogP contribution < -0.4 is 16.5 Å². The number of hydrogen-bond donors (Lipinski definition) is 3. The fraction of sp³-hybridized carbons (Fsp3) is 0.455. The molecular weight excluding hydrogens is 428 g/mol. The van der Waals surface area contributed by atoms with Gasteiger partial charge in [0.25, 0.3) is 0 Å². The monoisotopic (exact) mass is 456 g/mol. The number of nitrogen functional groups attached to an aromatic ring is 1. The van der Waals surface area contributed by atoms with E-state index in [-0.39, 0.29) is 12.6 Å². The van der Waals surface area contributed by atoms with Crippen LogP contribution in [-0.4, -0.2) is 39.2 Å². The molecule has 4 N–H and O–H groups in total. The van der Waals surface area contributed by atoms with Crippen molar-refractivity contribution in [2.24, 2.45) is 0 Å². The molecule has 2 aromatic rings. The standard InChI is InChI=1S/C22H28N6O3S/c1-2-31-20(29)17-16(24-21(30)25-18(17)14-9-5-3-6-10-14)13-32-22-27-26-19(28(22)23)15-11-7-4-8-12-15/h3,5-6,9-10,15,18H,2,4,7-8,11-13,23H2,1H3,(H2,24,25,30)/t18-/m0/s1. The zero-order valence-electron chi connectivity index (χ0n) is 18.0. The van der Waals surface area contributed by atoms with Gasteiger partial charge < -0.3 is 21.2 Å². The van der Waals surface area contributed by atoms with E-state index < -0.39 is 12.0 Å².